The number of carbonyl (C=O) groups is 1. The van der Waals surface area contributed by atoms with Gasteiger partial charge in [-0.1, -0.05) is 13.3 Å². The Labute approximate surface area is 104 Å². The fraction of sp³-hybridized carbons (Fsp3) is 0.923. The highest BCUT2D eigenvalue weighted by molar-refractivity contribution is 5.78. The van der Waals surface area contributed by atoms with E-state index in [1.807, 2.05) is 11.9 Å². The molecule has 0 bridgehead atoms. The first-order valence-corrected chi connectivity index (χ1v) is 6.70. The van der Waals surface area contributed by atoms with E-state index in [0.717, 1.165) is 32.2 Å². The van der Waals surface area contributed by atoms with Crippen LogP contribution in [0.2, 0.25) is 0 Å². The molecule has 1 amide bonds. The highest BCUT2D eigenvalue weighted by Crippen LogP contribution is 2.32. The summed E-state index contributed by atoms with van der Waals surface area (Å²) in [5.74, 6) is 0.321. The van der Waals surface area contributed by atoms with Crippen molar-refractivity contribution in [3.8, 4) is 0 Å². The highest BCUT2D eigenvalue weighted by Gasteiger charge is 2.35. The van der Waals surface area contributed by atoms with Gasteiger partial charge in [0.2, 0.25) is 5.91 Å². The van der Waals surface area contributed by atoms with Gasteiger partial charge < -0.3 is 15.7 Å². The number of carbonyl (C=O) groups excluding carboxylic acids is 1. The molecule has 0 spiro atoms. The second kappa shape index (κ2) is 6.36. The molecule has 100 valence electrons. The van der Waals surface area contributed by atoms with Crippen LogP contribution in [0, 0.1) is 5.92 Å². The van der Waals surface area contributed by atoms with Crippen molar-refractivity contribution in [3.63, 3.8) is 0 Å². The zero-order chi connectivity index (χ0) is 12.9. The van der Waals surface area contributed by atoms with Crippen LogP contribution in [-0.2, 0) is 4.79 Å². The third-order valence-electron chi connectivity index (χ3n) is 3.87. The largest absolute Gasteiger partial charge is 0.389 e. The SMILES string of the molecule is CCCCN(C)C(=O)C1CCC(O)(CN)CC1. The third kappa shape index (κ3) is 3.96. The van der Waals surface area contributed by atoms with Gasteiger partial charge >= 0.3 is 0 Å². The molecule has 1 fully saturated rings. The zero-order valence-electron chi connectivity index (χ0n) is 11.1. The molecule has 4 nitrogen and oxygen atoms in total. The minimum absolute atomic E-state index is 0.0867. The minimum atomic E-state index is -0.723. The lowest BCUT2D eigenvalue weighted by atomic mass is 9.78. The van der Waals surface area contributed by atoms with E-state index in [9.17, 15) is 9.90 Å². The lowest BCUT2D eigenvalue weighted by molar-refractivity contribution is -0.137. The van der Waals surface area contributed by atoms with E-state index in [0.29, 0.717) is 19.4 Å². The summed E-state index contributed by atoms with van der Waals surface area (Å²) in [6, 6.07) is 0. The maximum atomic E-state index is 12.1. The van der Waals surface area contributed by atoms with Crippen molar-refractivity contribution in [1.82, 2.24) is 4.90 Å². The zero-order valence-corrected chi connectivity index (χ0v) is 11.1. The summed E-state index contributed by atoms with van der Waals surface area (Å²) >= 11 is 0. The number of nitrogens with two attached hydrogens (primary N) is 1. The number of nitrogens with zero attached hydrogens (tertiary/aromatic N) is 1. The van der Waals surface area contributed by atoms with E-state index < -0.39 is 5.60 Å². The first-order valence-electron chi connectivity index (χ1n) is 6.70. The van der Waals surface area contributed by atoms with Gasteiger partial charge in [0.15, 0.2) is 0 Å². The van der Waals surface area contributed by atoms with Gasteiger partial charge in [0.25, 0.3) is 0 Å². The van der Waals surface area contributed by atoms with Crippen LogP contribution in [0.1, 0.15) is 45.4 Å². The highest BCUT2D eigenvalue weighted by atomic mass is 16.3. The number of aliphatic hydroxyl groups is 1. The van der Waals surface area contributed by atoms with Crippen LogP contribution in [0.5, 0.6) is 0 Å². The summed E-state index contributed by atoms with van der Waals surface area (Å²) in [4.78, 5) is 14.0. The van der Waals surface area contributed by atoms with Gasteiger partial charge in [-0.05, 0) is 32.1 Å². The maximum Gasteiger partial charge on any atom is 0.225 e. The van der Waals surface area contributed by atoms with Gasteiger partial charge in [-0.3, -0.25) is 4.79 Å². The predicted octanol–water partition coefficient (Wildman–Crippen LogP) is 1.12. The Balaban J connectivity index is 2.40. The van der Waals surface area contributed by atoms with Crippen molar-refractivity contribution in [2.75, 3.05) is 20.1 Å². The summed E-state index contributed by atoms with van der Waals surface area (Å²) < 4.78 is 0. The maximum absolute atomic E-state index is 12.1. The molecule has 0 unspecified atom stereocenters. The summed E-state index contributed by atoms with van der Waals surface area (Å²) in [7, 11) is 1.88. The Morgan fingerprint density at radius 2 is 2.06 bits per heavy atom. The fourth-order valence-corrected chi connectivity index (χ4v) is 2.42. The van der Waals surface area contributed by atoms with Crippen molar-refractivity contribution in [2.24, 2.45) is 11.7 Å². The molecular formula is C13H26N2O2. The Morgan fingerprint density at radius 3 is 2.53 bits per heavy atom. The molecule has 1 saturated carbocycles. The van der Waals surface area contributed by atoms with Crippen LogP contribution in [-0.4, -0.2) is 41.7 Å². The Morgan fingerprint density at radius 1 is 1.47 bits per heavy atom. The second-order valence-electron chi connectivity index (χ2n) is 5.32. The monoisotopic (exact) mass is 242 g/mol. The normalized spacial score (nSPS) is 29.1. The quantitative estimate of drug-likeness (QED) is 0.759. The molecule has 1 aliphatic rings. The number of hydrogen-bond donors (Lipinski definition) is 2. The molecule has 0 saturated heterocycles. The van der Waals surface area contributed by atoms with E-state index in [1.54, 1.807) is 0 Å². The molecule has 0 radical (unpaired) electrons. The van der Waals surface area contributed by atoms with Gasteiger partial charge in [-0.25, -0.2) is 0 Å². The molecule has 0 aromatic rings. The van der Waals surface area contributed by atoms with Crippen LogP contribution in [0.3, 0.4) is 0 Å². The average molecular weight is 242 g/mol. The van der Waals surface area contributed by atoms with E-state index in [-0.39, 0.29) is 11.8 Å². The number of amides is 1. The molecule has 1 aliphatic carbocycles. The summed E-state index contributed by atoms with van der Waals surface area (Å²) in [6.07, 6.45) is 5.01. The molecule has 4 heteroatoms. The minimum Gasteiger partial charge on any atom is -0.389 e. The molecular weight excluding hydrogens is 216 g/mol. The third-order valence-corrected chi connectivity index (χ3v) is 3.87. The number of hydrogen-bond acceptors (Lipinski definition) is 3. The number of rotatable bonds is 5. The van der Waals surface area contributed by atoms with Gasteiger partial charge in [0.1, 0.15) is 0 Å². The van der Waals surface area contributed by atoms with Crippen molar-refractivity contribution in [2.45, 2.75) is 51.0 Å². The van der Waals surface area contributed by atoms with E-state index in [4.69, 9.17) is 5.73 Å². The van der Waals surface area contributed by atoms with Gasteiger partial charge in [-0.15, -0.1) is 0 Å². The van der Waals surface area contributed by atoms with E-state index in [2.05, 4.69) is 6.92 Å². The van der Waals surface area contributed by atoms with Gasteiger partial charge in [0, 0.05) is 26.1 Å². The Kier molecular flexibility index (Phi) is 5.40. The van der Waals surface area contributed by atoms with Crippen molar-refractivity contribution in [3.05, 3.63) is 0 Å². The van der Waals surface area contributed by atoms with Crippen LogP contribution in [0.4, 0.5) is 0 Å². The average Bonchev–Trinajstić information content (AvgIpc) is 2.36. The second-order valence-corrected chi connectivity index (χ2v) is 5.32. The standard InChI is InChI=1S/C13H26N2O2/c1-3-4-9-15(2)12(16)11-5-7-13(17,10-14)8-6-11/h11,17H,3-10,14H2,1-2H3. The molecule has 17 heavy (non-hydrogen) atoms. The van der Waals surface area contributed by atoms with Crippen LogP contribution in [0.15, 0.2) is 0 Å². The molecule has 0 heterocycles. The first-order chi connectivity index (χ1) is 8.02. The van der Waals surface area contributed by atoms with Crippen molar-refractivity contribution >= 4 is 5.91 Å². The van der Waals surface area contributed by atoms with E-state index >= 15 is 0 Å². The molecule has 0 atom stereocenters. The smallest absolute Gasteiger partial charge is 0.225 e. The van der Waals surface area contributed by atoms with Gasteiger partial charge in [0.05, 0.1) is 5.60 Å². The molecule has 0 aromatic carbocycles. The van der Waals surface area contributed by atoms with Crippen LogP contribution < -0.4 is 5.73 Å². The molecule has 0 aromatic heterocycles. The van der Waals surface area contributed by atoms with Crippen molar-refractivity contribution < 1.29 is 9.90 Å². The van der Waals surface area contributed by atoms with Crippen molar-refractivity contribution in [1.29, 1.82) is 0 Å². The van der Waals surface area contributed by atoms with Crippen LogP contribution >= 0.6 is 0 Å². The molecule has 1 rings (SSSR count). The van der Waals surface area contributed by atoms with Gasteiger partial charge in [-0.2, -0.15) is 0 Å². The number of unbranched alkanes of at least 4 members (excludes halogenated alkanes) is 1. The summed E-state index contributed by atoms with van der Waals surface area (Å²) in [5, 5.41) is 10.0. The Bertz CT molecular complexity index is 248. The summed E-state index contributed by atoms with van der Waals surface area (Å²) in [6.45, 7) is 3.27. The predicted molar refractivity (Wildman–Crippen MR) is 68.5 cm³/mol. The summed E-state index contributed by atoms with van der Waals surface area (Å²) in [5.41, 5.74) is 4.82. The lowest BCUT2D eigenvalue weighted by Gasteiger charge is -2.35. The van der Waals surface area contributed by atoms with E-state index in [1.165, 1.54) is 0 Å². The lowest BCUT2D eigenvalue weighted by Crippen LogP contribution is -2.44. The van der Waals surface area contributed by atoms with Crippen LogP contribution in [0.25, 0.3) is 0 Å². The Hall–Kier alpha value is -0.610. The topological polar surface area (TPSA) is 66.6 Å². The first kappa shape index (κ1) is 14.5. The molecule has 0 aliphatic heterocycles. The fourth-order valence-electron chi connectivity index (χ4n) is 2.42. The molecule has 3 N–H and O–H groups in total.